The van der Waals surface area contributed by atoms with Crippen molar-refractivity contribution < 1.29 is 19.1 Å². The van der Waals surface area contributed by atoms with Crippen molar-refractivity contribution in [3.63, 3.8) is 0 Å². The lowest BCUT2D eigenvalue weighted by Crippen LogP contribution is -2.17. The molecule has 124 valence electrons. The normalized spacial score (nSPS) is 14.5. The number of fused-ring (bicyclic) bond motifs is 2. The summed E-state index contributed by atoms with van der Waals surface area (Å²) in [5.41, 5.74) is 7.22. The maximum absolute atomic E-state index is 12.6. The van der Waals surface area contributed by atoms with Crippen LogP contribution in [0, 0.1) is 0 Å². The molecular weight excluding hydrogens is 352 g/mol. The zero-order chi connectivity index (χ0) is 16.8. The van der Waals surface area contributed by atoms with E-state index >= 15 is 0 Å². The Morgan fingerprint density at radius 1 is 1.25 bits per heavy atom. The number of ether oxygens (including phenoxy) is 2. The Bertz CT molecular complexity index is 877. The number of amides is 2. The molecule has 1 aromatic carbocycles. The van der Waals surface area contributed by atoms with Crippen LogP contribution in [-0.2, 0) is 12.8 Å². The molecule has 4 rings (SSSR count). The van der Waals surface area contributed by atoms with Gasteiger partial charge < -0.3 is 20.5 Å². The molecule has 1 aliphatic heterocycles. The van der Waals surface area contributed by atoms with Gasteiger partial charge in [0.15, 0.2) is 11.5 Å². The Morgan fingerprint density at radius 3 is 2.88 bits per heavy atom. The number of rotatable bonds is 3. The number of aryl methyl sites for hydroxylation is 1. The van der Waals surface area contributed by atoms with Crippen molar-refractivity contribution in [2.45, 2.75) is 19.3 Å². The molecule has 1 aromatic heterocycles. The van der Waals surface area contributed by atoms with Gasteiger partial charge in [-0.2, -0.15) is 0 Å². The lowest BCUT2D eigenvalue weighted by Gasteiger charge is -2.07. The third-order valence-electron chi connectivity index (χ3n) is 4.08. The van der Waals surface area contributed by atoms with Crippen molar-refractivity contribution in [3.05, 3.63) is 38.7 Å². The maximum atomic E-state index is 12.6. The standard InChI is InChI=1S/C16H13ClN2O4S/c17-9-4-7(5-10-13(9)23-6-22-10)15(21)19-16-12(14(18)20)8-2-1-3-11(8)24-16/h4-5H,1-3,6H2,(H2,18,20)(H,19,21). The first-order valence-electron chi connectivity index (χ1n) is 7.39. The first-order chi connectivity index (χ1) is 11.5. The number of halogens is 1. The average Bonchev–Trinajstić information content (AvgIpc) is 3.20. The van der Waals surface area contributed by atoms with E-state index < -0.39 is 5.91 Å². The molecule has 2 heterocycles. The predicted molar refractivity (Wildman–Crippen MR) is 90.4 cm³/mol. The van der Waals surface area contributed by atoms with E-state index in [1.54, 1.807) is 6.07 Å². The molecule has 2 aliphatic rings. The Balaban J connectivity index is 1.66. The topological polar surface area (TPSA) is 90.7 Å². The van der Waals surface area contributed by atoms with E-state index in [1.807, 2.05) is 0 Å². The zero-order valence-electron chi connectivity index (χ0n) is 12.5. The van der Waals surface area contributed by atoms with Crippen molar-refractivity contribution in [3.8, 4) is 11.5 Å². The number of hydrogen-bond acceptors (Lipinski definition) is 5. The van der Waals surface area contributed by atoms with E-state index in [2.05, 4.69) is 5.32 Å². The van der Waals surface area contributed by atoms with Gasteiger partial charge in [-0.25, -0.2) is 0 Å². The van der Waals surface area contributed by atoms with E-state index in [0.717, 1.165) is 29.7 Å². The zero-order valence-corrected chi connectivity index (χ0v) is 14.1. The molecule has 0 spiro atoms. The molecule has 0 radical (unpaired) electrons. The number of anilines is 1. The third-order valence-corrected chi connectivity index (χ3v) is 5.57. The van der Waals surface area contributed by atoms with Crippen LogP contribution in [0.1, 0.15) is 37.6 Å². The monoisotopic (exact) mass is 364 g/mol. The lowest BCUT2D eigenvalue weighted by atomic mass is 10.1. The van der Waals surface area contributed by atoms with Crippen LogP contribution in [0.25, 0.3) is 0 Å². The molecule has 8 heteroatoms. The molecule has 0 fully saturated rings. The van der Waals surface area contributed by atoms with E-state index in [1.165, 1.54) is 17.4 Å². The number of nitrogens with one attached hydrogen (secondary N) is 1. The molecule has 0 atom stereocenters. The van der Waals surface area contributed by atoms with E-state index in [4.69, 9.17) is 26.8 Å². The van der Waals surface area contributed by atoms with Crippen LogP contribution in [-0.4, -0.2) is 18.6 Å². The number of nitrogens with two attached hydrogens (primary N) is 1. The highest BCUT2D eigenvalue weighted by Crippen LogP contribution is 2.41. The van der Waals surface area contributed by atoms with Gasteiger partial charge in [0.25, 0.3) is 11.8 Å². The molecule has 2 amide bonds. The number of hydrogen-bond donors (Lipinski definition) is 2. The summed E-state index contributed by atoms with van der Waals surface area (Å²) in [6.45, 7) is 0.0730. The molecule has 0 saturated heterocycles. The molecule has 0 unspecified atom stereocenters. The van der Waals surface area contributed by atoms with E-state index in [9.17, 15) is 9.59 Å². The molecule has 0 saturated carbocycles. The molecular formula is C16H13ClN2O4S. The van der Waals surface area contributed by atoms with Crippen LogP contribution < -0.4 is 20.5 Å². The maximum Gasteiger partial charge on any atom is 0.256 e. The second kappa shape index (κ2) is 5.68. The van der Waals surface area contributed by atoms with Crippen LogP contribution in [0.5, 0.6) is 11.5 Å². The molecule has 2 aromatic rings. The quantitative estimate of drug-likeness (QED) is 0.876. The van der Waals surface area contributed by atoms with Gasteiger partial charge in [-0.15, -0.1) is 11.3 Å². The summed E-state index contributed by atoms with van der Waals surface area (Å²) in [4.78, 5) is 25.5. The minimum Gasteiger partial charge on any atom is -0.454 e. The highest BCUT2D eigenvalue weighted by molar-refractivity contribution is 7.17. The van der Waals surface area contributed by atoms with Gasteiger partial charge in [-0.05, 0) is 37.0 Å². The number of carbonyl (C=O) groups is 2. The van der Waals surface area contributed by atoms with Gasteiger partial charge in [0.1, 0.15) is 5.00 Å². The molecule has 0 bridgehead atoms. The van der Waals surface area contributed by atoms with Crippen molar-refractivity contribution in [1.82, 2.24) is 0 Å². The fourth-order valence-corrected chi connectivity index (χ4v) is 4.58. The van der Waals surface area contributed by atoms with Gasteiger partial charge >= 0.3 is 0 Å². The Kier molecular flexibility index (Phi) is 3.62. The minimum atomic E-state index is -0.520. The molecule has 24 heavy (non-hydrogen) atoms. The fraction of sp³-hybridized carbons (Fsp3) is 0.250. The Hall–Kier alpha value is -2.25. The minimum absolute atomic E-state index is 0.0730. The highest BCUT2D eigenvalue weighted by atomic mass is 35.5. The number of primary amides is 1. The number of benzene rings is 1. The Morgan fingerprint density at radius 2 is 2.08 bits per heavy atom. The number of carbonyl (C=O) groups excluding carboxylic acids is 2. The predicted octanol–water partition coefficient (Wildman–Crippen LogP) is 2.97. The highest BCUT2D eigenvalue weighted by Gasteiger charge is 2.27. The van der Waals surface area contributed by atoms with Crippen LogP contribution in [0.2, 0.25) is 5.02 Å². The Labute approximate surface area is 146 Å². The summed E-state index contributed by atoms with van der Waals surface area (Å²) in [6.07, 6.45) is 2.73. The summed E-state index contributed by atoms with van der Waals surface area (Å²) in [6, 6.07) is 3.07. The van der Waals surface area contributed by atoms with Gasteiger partial charge in [-0.3, -0.25) is 9.59 Å². The summed E-state index contributed by atoms with van der Waals surface area (Å²) in [5.74, 6) is -0.0383. The summed E-state index contributed by atoms with van der Waals surface area (Å²) >= 11 is 7.52. The first kappa shape index (κ1) is 15.3. The van der Waals surface area contributed by atoms with Crippen molar-refractivity contribution in [2.75, 3.05) is 12.1 Å². The second-order valence-corrected chi connectivity index (χ2v) is 7.08. The van der Waals surface area contributed by atoms with Gasteiger partial charge in [0.05, 0.1) is 10.6 Å². The fourth-order valence-electron chi connectivity index (χ4n) is 3.03. The lowest BCUT2D eigenvalue weighted by molar-refractivity contribution is 0.100. The van der Waals surface area contributed by atoms with Crippen LogP contribution in [0.15, 0.2) is 12.1 Å². The van der Waals surface area contributed by atoms with E-state index in [0.29, 0.717) is 32.6 Å². The van der Waals surface area contributed by atoms with Crippen LogP contribution in [0.4, 0.5) is 5.00 Å². The van der Waals surface area contributed by atoms with Gasteiger partial charge in [0, 0.05) is 10.4 Å². The van der Waals surface area contributed by atoms with Crippen molar-refractivity contribution >= 4 is 39.8 Å². The summed E-state index contributed by atoms with van der Waals surface area (Å²) in [5, 5.41) is 3.58. The SMILES string of the molecule is NC(=O)c1c(NC(=O)c2cc(Cl)c3c(c2)OCO3)sc2c1CCC2. The third kappa shape index (κ3) is 2.40. The largest absolute Gasteiger partial charge is 0.454 e. The van der Waals surface area contributed by atoms with Gasteiger partial charge in [-0.1, -0.05) is 11.6 Å². The second-order valence-electron chi connectivity index (χ2n) is 5.57. The average molecular weight is 365 g/mol. The summed E-state index contributed by atoms with van der Waals surface area (Å²) < 4.78 is 10.5. The van der Waals surface area contributed by atoms with Crippen molar-refractivity contribution in [1.29, 1.82) is 0 Å². The van der Waals surface area contributed by atoms with Crippen LogP contribution in [0.3, 0.4) is 0 Å². The summed E-state index contributed by atoms with van der Waals surface area (Å²) in [7, 11) is 0. The number of thiophene rings is 1. The van der Waals surface area contributed by atoms with Crippen molar-refractivity contribution in [2.24, 2.45) is 5.73 Å². The molecule has 6 nitrogen and oxygen atoms in total. The van der Waals surface area contributed by atoms with Gasteiger partial charge in [0.2, 0.25) is 6.79 Å². The van der Waals surface area contributed by atoms with Crippen LogP contribution >= 0.6 is 22.9 Å². The smallest absolute Gasteiger partial charge is 0.256 e. The molecule has 1 aliphatic carbocycles. The molecule has 3 N–H and O–H groups in total. The first-order valence-corrected chi connectivity index (χ1v) is 8.59. The van der Waals surface area contributed by atoms with E-state index in [-0.39, 0.29) is 12.7 Å².